The van der Waals surface area contributed by atoms with Gasteiger partial charge in [-0.1, -0.05) is 18.2 Å². The minimum Gasteiger partial charge on any atom is -0.306 e. The van der Waals surface area contributed by atoms with Crippen LogP contribution in [0.25, 0.3) is 10.1 Å². The molecule has 170 valence electrons. The zero-order valence-corrected chi connectivity index (χ0v) is 20.1. The van der Waals surface area contributed by atoms with Gasteiger partial charge in [-0.2, -0.15) is 0 Å². The predicted octanol–water partition coefficient (Wildman–Crippen LogP) is 5.10. The van der Waals surface area contributed by atoms with Crippen LogP contribution in [0.1, 0.15) is 36.1 Å². The number of hydrogen-bond acceptors (Lipinski definition) is 5. The molecule has 2 aliphatic heterocycles. The molecule has 0 unspecified atom stereocenters. The Bertz CT molecular complexity index is 938. The van der Waals surface area contributed by atoms with Gasteiger partial charge in [-0.3, -0.25) is 9.88 Å². The molecule has 4 heterocycles. The summed E-state index contributed by atoms with van der Waals surface area (Å²) in [6.45, 7) is 8.33. The van der Waals surface area contributed by atoms with Crippen molar-refractivity contribution in [2.75, 3.05) is 39.8 Å². The van der Waals surface area contributed by atoms with E-state index in [1.54, 1.807) is 0 Å². The minimum atomic E-state index is 0.800. The van der Waals surface area contributed by atoms with Gasteiger partial charge in [-0.05, 0) is 100 Å². The Kier molecular flexibility index (Phi) is 7.18. The number of aromatic nitrogens is 1. The number of rotatable bonds is 7. The molecule has 32 heavy (non-hydrogen) atoms. The van der Waals surface area contributed by atoms with E-state index in [9.17, 15) is 0 Å². The fraction of sp³-hybridized carbons (Fsp3) is 0.519. The third-order valence-electron chi connectivity index (χ3n) is 7.38. The molecule has 0 spiro atoms. The monoisotopic (exact) mass is 448 g/mol. The minimum absolute atomic E-state index is 0.800. The zero-order chi connectivity index (χ0) is 21.8. The van der Waals surface area contributed by atoms with Gasteiger partial charge >= 0.3 is 0 Å². The van der Waals surface area contributed by atoms with Crippen molar-refractivity contribution in [3.63, 3.8) is 0 Å². The van der Waals surface area contributed by atoms with Crippen molar-refractivity contribution in [2.24, 2.45) is 5.92 Å². The predicted molar refractivity (Wildman–Crippen MR) is 135 cm³/mol. The zero-order valence-electron chi connectivity index (χ0n) is 19.3. The first-order valence-electron chi connectivity index (χ1n) is 12.2. The average molecular weight is 449 g/mol. The van der Waals surface area contributed by atoms with Gasteiger partial charge in [0.05, 0.1) is 0 Å². The summed E-state index contributed by atoms with van der Waals surface area (Å²) in [6, 6.07) is 16.3. The second-order valence-electron chi connectivity index (χ2n) is 9.79. The summed E-state index contributed by atoms with van der Waals surface area (Å²) < 4.78 is 1.40. The first-order valence-corrected chi connectivity index (χ1v) is 13.1. The summed E-state index contributed by atoms with van der Waals surface area (Å²) in [4.78, 5) is 13.6. The molecule has 5 rings (SSSR count). The number of likely N-dealkylation sites (tertiary alicyclic amines) is 2. The molecule has 2 saturated heterocycles. The van der Waals surface area contributed by atoms with Crippen molar-refractivity contribution in [1.82, 2.24) is 19.7 Å². The molecule has 0 aliphatic carbocycles. The van der Waals surface area contributed by atoms with Crippen LogP contribution >= 0.6 is 11.3 Å². The molecular weight excluding hydrogens is 412 g/mol. The van der Waals surface area contributed by atoms with Crippen molar-refractivity contribution in [2.45, 2.75) is 44.8 Å². The SMILES string of the molecule is CN1CCC(N2CCC(CN(Cc3ccncc3)Cc3cc4ccccc4s3)CC2)CC1. The average Bonchev–Trinajstić information content (AvgIpc) is 3.23. The van der Waals surface area contributed by atoms with Gasteiger partial charge in [0.2, 0.25) is 0 Å². The second kappa shape index (κ2) is 10.4. The van der Waals surface area contributed by atoms with Crippen LogP contribution in [0.5, 0.6) is 0 Å². The molecular formula is C27H36N4S. The third-order valence-corrected chi connectivity index (χ3v) is 8.48. The lowest BCUT2D eigenvalue weighted by Crippen LogP contribution is -2.47. The van der Waals surface area contributed by atoms with E-state index < -0.39 is 0 Å². The Labute approximate surface area is 196 Å². The number of nitrogens with zero attached hydrogens (tertiary/aromatic N) is 4. The van der Waals surface area contributed by atoms with E-state index in [-0.39, 0.29) is 0 Å². The molecule has 0 amide bonds. The van der Waals surface area contributed by atoms with Gasteiger partial charge in [0, 0.05) is 47.6 Å². The summed E-state index contributed by atoms with van der Waals surface area (Å²) in [6.07, 6.45) is 9.22. The highest BCUT2D eigenvalue weighted by Gasteiger charge is 2.28. The highest BCUT2D eigenvalue weighted by atomic mass is 32.1. The fourth-order valence-corrected chi connectivity index (χ4v) is 6.60. The van der Waals surface area contributed by atoms with Gasteiger partial charge < -0.3 is 9.80 Å². The van der Waals surface area contributed by atoms with E-state index in [1.807, 2.05) is 23.7 Å². The maximum absolute atomic E-state index is 4.21. The second-order valence-corrected chi connectivity index (χ2v) is 11.0. The Morgan fingerprint density at radius 2 is 1.69 bits per heavy atom. The molecule has 4 nitrogen and oxygen atoms in total. The van der Waals surface area contributed by atoms with Crippen molar-refractivity contribution in [3.05, 3.63) is 65.3 Å². The van der Waals surface area contributed by atoms with E-state index in [4.69, 9.17) is 0 Å². The molecule has 0 radical (unpaired) electrons. The number of pyridine rings is 1. The molecule has 0 saturated carbocycles. The number of hydrogen-bond donors (Lipinski definition) is 0. The molecule has 0 bridgehead atoms. The van der Waals surface area contributed by atoms with Crippen LogP contribution in [0.15, 0.2) is 54.9 Å². The highest BCUT2D eigenvalue weighted by molar-refractivity contribution is 7.19. The molecule has 3 aromatic rings. The van der Waals surface area contributed by atoms with Crippen LogP contribution in [0.3, 0.4) is 0 Å². The molecule has 2 fully saturated rings. The Morgan fingerprint density at radius 1 is 0.938 bits per heavy atom. The van der Waals surface area contributed by atoms with Gasteiger partial charge in [0.1, 0.15) is 0 Å². The third kappa shape index (κ3) is 5.57. The molecule has 5 heteroatoms. The Hall–Kier alpha value is -1.79. The maximum atomic E-state index is 4.21. The number of thiophene rings is 1. The van der Waals surface area contributed by atoms with E-state index in [0.29, 0.717) is 0 Å². The van der Waals surface area contributed by atoms with Crippen LogP contribution in [0.2, 0.25) is 0 Å². The van der Waals surface area contributed by atoms with Crippen molar-refractivity contribution in [1.29, 1.82) is 0 Å². The first kappa shape index (κ1) is 22.0. The van der Waals surface area contributed by atoms with Crippen molar-refractivity contribution < 1.29 is 0 Å². The number of benzene rings is 1. The largest absolute Gasteiger partial charge is 0.306 e. The lowest BCUT2D eigenvalue weighted by Gasteiger charge is -2.42. The molecule has 2 aliphatic rings. The molecule has 0 atom stereocenters. The van der Waals surface area contributed by atoms with Gasteiger partial charge in [-0.25, -0.2) is 0 Å². The van der Waals surface area contributed by atoms with E-state index in [0.717, 1.165) is 25.0 Å². The van der Waals surface area contributed by atoms with Crippen LogP contribution in [-0.2, 0) is 13.1 Å². The summed E-state index contributed by atoms with van der Waals surface area (Å²) in [5.41, 5.74) is 1.37. The Morgan fingerprint density at radius 3 is 2.44 bits per heavy atom. The van der Waals surface area contributed by atoms with E-state index in [1.165, 1.54) is 78.9 Å². The van der Waals surface area contributed by atoms with Crippen molar-refractivity contribution in [3.8, 4) is 0 Å². The fourth-order valence-electron chi connectivity index (χ4n) is 5.49. The van der Waals surface area contributed by atoms with Gasteiger partial charge in [0.15, 0.2) is 0 Å². The van der Waals surface area contributed by atoms with Crippen LogP contribution in [0, 0.1) is 5.92 Å². The molecule has 1 aromatic carbocycles. The first-order chi connectivity index (χ1) is 15.7. The highest BCUT2D eigenvalue weighted by Crippen LogP contribution is 2.29. The van der Waals surface area contributed by atoms with Crippen molar-refractivity contribution >= 4 is 21.4 Å². The summed E-state index contributed by atoms with van der Waals surface area (Å²) in [7, 11) is 2.26. The summed E-state index contributed by atoms with van der Waals surface area (Å²) in [5.74, 6) is 0.800. The standard InChI is InChI=1S/C27H36N4S/c1-29-14-10-25(11-15-29)31-16-8-23(9-17-31)20-30(19-22-6-12-28-13-7-22)21-26-18-24-4-2-3-5-27(24)32-26/h2-7,12-13,18,23,25H,8-11,14-17,19-21H2,1H3. The van der Waals surface area contributed by atoms with Crippen LogP contribution in [-0.4, -0.2) is 65.5 Å². The topological polar surface area (TPSA) is 22.6 Å². The van der Waals surface area contributed by atoms with Crippen LogP contribution in [0.4, 0.5) is 0 Å². The molecule has 2 aromatic heterocycles. The van der Waals surface area contributed by atoms with Crippen LogP contribution < -0.4 is 0 Å². The summed E-state index contributed by atoms with van der Waals surface area (Å²) >= 11 is 1.95. The normalized spacial score (nSPS) is 19.8. The quantitative estimate of drug-likeness (QED) is 0.501. The smallest absolute Gasteiger partial charge is 0.0346 e. The lowest BCUT2D eigenvalue weighted by molar-refractivity contribution is 0.0730. The number of piperidine rings is 2. The van der Waals surface area contributed by atoms with Gasteiger partial charge in [-0.15, -0.1) is 11.3 Å². The maximum Gasteiger partial charge on any atom is 0.0346 e. The van der Waals surface area contributed by atoms with Gasteiger partial charge in [0.25, 0.3) is 0 Å². The molecule has 0 N–H and O–H groups in total. The van der Waals surface area contributed by atoms with E-state index in [2.05, 4.69) is 69.2 Å². The number of fused-ring (bicyclic) bond motifs is 1. The Balaban J connectivity index is 1.22. The van der Waals surface area contributed by atoms with E-state index >= 15 is 0 Å². The summed E-state index contributed by atoms with van der Waals surface area (Å²) in [5, 5.41) is 1.38. The lowest BCUT2D eigenvalue weighted by atomic mass is 9.93.